The molecule has 1 atom stereocenters. The Bertz CT molecular complexity index is 709. The van der Waals surface area contributed by atoms with Crippen LogP contribution in [0.2, 0.25) is 0 Å². The lowest BCUT2D eigenvalue weighted by molar-refractivity contribution is -0.137. The largest absolute Gasteiger partial charge is 0.285 e. The summed E-state index contributed by atoms with van der Waals surface area (Å²) < 4.78 is 0. The Morgan fingerprint density at radius 1 is 1.30 bits per heavy atom. The predicted octanol–water partition coefficient (Wildman–Crippen LogP) is 2.09. The lowest BCUT2D eigenvalue weighted by atomic mass is 9.95. The van der Waals surface area contributed by atoms with Gasteiger partial charge in [0.2, 0.25) is 11.8 Å². The highest BCUT2D eigenvalue weighted by Gasteiger charge is 2.36. The molecule has 0 bridgehead atoms. The molecule has 1 fully saturated rings. The van der Waals surface area contributed by atoms with Gasteiger partial charge in [0.15, 0.2) is 0 Å². The molecule has 1 aromatic carbocycles. The summed E-state index contributed by atoms with van der Waals surface area (Å²) in [6.07, 6.45) is 2.66. The fraction of sp³-hybridized carbons (Fsp3) is 0.312. The van der Waals surface area contributed by atoms with Gasteiger partial charge < -0.3 is 0 Å². The maximum atomic E-state index is 12.0. The molecular weight excluding hydrogens is 252 g/mol. The van der Waals surface area contributed by atoms with Crippen LogP contribution in [0.5, 0.6) is 0 Å². The Kier molecular flexibility index (Phi) is 3.01. The van der Waals surface area contributed by atoms with Crippen LogP contribution in [-0.2, 0) is 16.0 Å². The highest BCUT2D eigenvalue weighted by molar-refractivity contribution is 6.03. The van der Waals surface area contributed by atoms with Gasteiger partial charge in [0, 0.05) is 25.1 Å². The van der Waals surface area contributed by atoms with Gasteiger partial charge in [-0.3, -0.25) is 19.5 Å². The van der Waals surface area contributed by atoms with E-state index in [2.05, 4.69) is 4.98 Å². The smallest absolute Gasteiger partial charge is 0.232 e. The van der Waals surface area contributed by atoms with Crippen LogP contribution in [0.1, 0.15) is 17.5 Å². The van der Waals surface area contributed by atoms with E-state index in [4.69, 9.17) is 0 Å². The van der Waals surface area contributed by atoms with E-state index in [0.29, 0.717) is 12.8 Å². The molecule has 1 unspecified atom stereocenters. The van der Waals surface area contributed by atoms with Crippen LogP contribution in [0.15, 0.2) is 30.5 Å². The van der Waals surface area contributed by atoms with Crippen LogP contribution in [0, 0.1) is 12.8 Å². The number of carbonyl (C=O) groups is 2. The van der Waals surface area contributed by atoms with Crippen molar-refractivity contribution in [2.24, 2.45) is 5.92 Å². The van der Waals surface area contributed by atoms with Gasteiger partial charge in [-0.15, -0.1) is 0 Å². The molecule has 0 N–H and O–H groups in total. The molecule has 1 aliphatic heterocycles. The van der Waals surface area contributed by atoms with Crippen LogP contribution in [0.25, 0.3) is 10.9 Å². The third-order valence-electron chi connectivity index (χ3n) is 4.01. The van der Waals surface area contributed by atoms with Crippen molar-refractivity contribution in [3.05, 3.63) is 41.6 Å². The second kappa shape index (κ2) is 4.71. The average Bonchev–Trinajstić information content (AvgIpc) is 2.68. The third-order valence-corrected chi connectivity index (χ3v) is 4.01. The van der Waals surface area contributed by atoms with Gasteiger partial charge in [0.25, 0.3) is 0 Å². The first kappa shape index (κ1) is 12.8. The molecule has 0 aliphatic carbocycles. The quantitative estimate of drug-likeness (QED) is 0.784. The Labute approximate surface area is 117 Å². The van der Waals surface area contributed by atoms with Crippen molar-refractivity contribution in [3.8, 4) is 0 Å². The summed E-state index contributed by atoms with van der Waals surface area (Å²) in [5, 5.41) is 1.11. The lowest BCUT2D eigenvalue weighted by Crippen LogP contribution is -2.26. The number of amides is 2. The van der Waals surface area contributed by atoms with Crippen molar-refractivity contribution in [1.29, 1.82) is 0 Å². The van der Waals surface area contributed by atoms with Crippen molar-refractivity contribution in [1.82, 2.24) is 9.88 Å². The Balaban J connectivity index is 1.98. The number of imide groups is 1. The normalized spacial score (nSPS) is 19.1. The Hall–Kier alpha value is -2.23. The number of pyridine rings is 1. The van der Waals surface area contributed by atoms with Crippen molar-refractivity contribution in [2.45, 2.75) is 19.8 Å². The maximum absolute atomic E-state index is 12.0. The molecular formula is C16H16N2O2. The van der Waals surface area contributed by atoms with Crippen LogP contribution < -0.4 is 0 Å². The van der Waals surface area contributed by atoms with Crippen molar-refractivity contribution < 1.29 is 9.59 Å². The number of nitrogens with zero attached hydrogens (tertiary/aromatic N) is 2. The van der Waals surface area contributed by atoms with Crippen molar-refractivity contribution >= 4 is 22.7 Å². The van der Waals surface area contributed by atoms with Gasteiger partial charge >= 0.3 is 0 Å². The summed E-state index contributed by atoms with van der Waals surface area (Å²) >= 11 is 0. The second-order valence-electron chi connectivity index (χ2n) is 5.34. The zero-order valence-electron chi connectivity index (χ0n) is 11.6. The molecule has 1 saturated heterocycles. The second-order valence-corrected chi connectivity index (χ2v) is 5.34. The molecule has 4 nitrogen and oxygen atoms in total. The first-order valence-corrected chi connectivity index (χ1v) is 6.71. The minimum atomic E-state index is -0.250. The van der Waals surface area contributed by atoms with E-state index >= 15 is 0 Å². The number of para-hydroxylation sites is 1. The third kappa shape index (κ3) is 1.97. The summed E-state index contributed by atoms with van der Waals surface area (Å²) in [5.41, 5.74) is 3.14. The van der Waals surface area contributed by atoms with Crippen LogP contribution in [0.4, 0.5) is 0 Å². The number of hydrogen-bond donors (Lipinski definition) is 0. The summed E-state index contributed by atoms with van der Waals surface area (Å²) in [5.74, 6) is -0.426. The molecule has 2 aromatic rings. The first-order valence-electron chi connectivity index (χ1n) is 6.71. The number of carbonyl (C=O) groups excluding carboxylic acids is 2. The monoisotopic (exact) mass is 268 g/mol. The SMILES string of the molecule is Cc1ccnc2c(CC3CC(=O)N(C)C3=O)cccc12. The molecule has 4 heteroatoms. The van der Waals surface area contributed by atoms with E-state index in [1.54, 1.807) is 13.2 Å². The van der Waals surface area contributed by atoms with E-state index in [9.17, 15) is 9.59 Å². The van der Waals surface area contributed by atoms with Crippen LogP contribution in [0.3, 0.4) is 0 Å². The fourth-order valence-electron chi connectivity index (χ4n) is 2.80. The van der Waals surface area contributed by atoms with Crippen LogP contribution in [-0.4, -0.2) is 28.7 Å². The number of benzene rings is 1. The van der Waals surface area contributed by atoms with Gasteiger partial charge in [0.1, 0.15) is 0 Å². The van der Waals surface area contributed by atoms with E-state index in [0.717, 1.165) is 16.5 Å². The number of aryl methyl sites for hydroxylation is 1. The molecule has 0 radical (unpaired) electrons. The van der Waals surface area contributed by atoms with E-state index < -0.39 is 0 Å². The van der Waals surface area contributed by atoms with Gasteiger partial charge in [-0.1, -0.05) is 18.2 Å². The molecule has 2 heterocycles. The summed E-state index contributed by atoms with van der Waals surface area (Å²) in [7, 11) is 1.55. The number of aromatic nitrogens is 1. The summed E-state index contributed by atoms with van der Waals surface area (Å²) in [6, 6.07) is 7.99. The molecule has 3 rings (SSSR count). The summed E-state index contributed by atoms with van der Waals surface area (Å²) in [6.45, 7) is 2.05. The van der Waals surface area contributed by atoms with E-state index in [-0.39, 0.29) is 17.7 Å². The van der Waals surface area contributed by atoms with Gasteiger partial charge in [0.05, 0.1) is 11.4 Å². The zero-order chi connectivity index (χ0) is 14.3. The summed E-state index contributed by atoms with van der Waals surface area (Å²) in [4.78, 5) is 29.3. The first-order chi connectivity index (χ1) is 9.58. The minimum Gasteiger partial charge on any atom is -0.285 e. The highest BCUT2D eigenvalue weighted by atomic mass is 16.2. The van der Waals surface area contributed by atoms with Gasteiger partial charge in [-0.2, -0.15) is 0 Å². The highest BCUT2D eigenvalue weighted by Crippen LogP contribution is 2.26. The molecule has 102 valence electrons. The molecule has 0 spiro atoms. The van der Waals surface area contributed by atoms with Crippen LogP contribution >= 0.6 is 0 Å². The maximum Gasteiger partial charge on any atom is 0.232 e. The molecule has 1 aliphatic rings. The number of likely N-dealkylation sites (tertiary alicyclic amines) is 1. The van der Waals surface area contributed by atoms with E-state index in [1.807, 2.05) is 31.2 Å². The lowest BCUT2D eigenvalue weighted by Gasteiger charge is -2.11. The Morgan fingerprint density at radius 3 is 2.80 bits per heavy atom. The zero-order valence-corrected chi connectivity index (χ0v) is 11.6. The minimum absolute atomic E-state index is 0.0837. The molecule has 0 saturated carbocycles. The van der Waals surface area contributed by atoms with E-state index in [1.165, 1.54) is 10.5 Å². The molecule has 20 heavy (non-hydrogen) atoms. The predicted molar refractivity (Wildman–Crippen MR) is 76.1 cm³/mol. The van der Waals surface area contributed by atoms with Gasteiger partial charge in [-0.25, -0.2) is 0 Å². The number of fused-ring (bicyclic) bond motifs is 1. The van der Waals surface area contributed by atoms with Crippen molar-refractivity contribution in [2.75, 3.05) is 7.05 Å². The topological polar surface area (TPSA) is 50.3 Å². The number of rotatable bonds is 2. The molecule has 1 aromatic heterocycles. The van der Waals surface area contributed by atoms with Gasteiger partial charge in [-0.05, 0) is 30.5 Å². The Morgan fingerprint density at radius 2 is 2.10 bits per heavy atom. The average molecular weight is 268 g/mol. The van der Waals surface area contributed by atoms with Crippen molar-refractivity contribution in [3.63, 3.8) is 0 Å². The molecule has 2 amide bonds. The fourth-order valence-corrected chi connectivity index (χ4v) is 2.80. The standard InChI is InChI=1S/C16H16N2O2/c1-10-6-7-17-15-11(4-3-5-13(10)15)8-12-9-14(19)18(2)16(12)20/h3-7,12H,8-9H2,1-2H3. The number of hydrogen-bond acceptors (Lipinski definition) is 3.